The molecule has 0 spiro atoms. The summed E-state index contributed by atoms with van der Waals surface area (Å²) < 4.78 is 7.58. The van der Waals surface area contributed by atoms with Crippen LogP contribution in [0, 0.1) is 10.1 Å². The summed E-state index contributed by atoms with van der Waals surface area (Å²) in [4.78, 5) is 22.7. The molecule has 0 aliphatic carbocycles. The molecule has 0 saturated heterocycles. The van der Waals surface area contributed by atoms with E-state index in [4.69, 9.17) is 16.3 Å². The highest BCUT2D eigenvalue weighted by atomic mass is 35.5. The van der Waals surface area contributed by atoms with Crippen molar-refractivity contribution in [3.8, 4) is 5.75 Å². The van der Waals surface area contributed by atoms with Crippen molar-refractivity contribution in [1.82, 2.24) is 14.8 Å². The van der Waals surface area contributed by atoms with Crippen LogP contribution in [-0.4, -0.2) is 31.3 Å². The lowest BCUT2D eigenvalue weighted by Gasteiger charge is -2.15. The van der Waals surface area contributed by atoms with Crippen LogP contribution >= 0.6 is 23.4 Å². The molecule has 9 nitrogen and oxygen atoms in total. The molecule has 0 unspecified atom stereocenters. The Morgan fingerprint density at radius 3 is 2.70 bits per heavy atom. The van der Waals surface area contributed by atoms with Crippen molar-refractivity contribution in [2.24, 2.45) is 7.05 Å². The van der Waals surface area contributed by atoms with Gasteiger partial charge in [-0.1, -0.05) is 47.6 Å². The second-order valence-electron chi connectivity index (χ2n) is 6.20. The van der Waals surface area contributed by atoms with E-state index in [0.29, 0.717) is 21.8 Å². The zero-order chi connectivity index (χ0) is 21.7. The third-order valence-corrected chi connectivity index (χ3v) is 5.41. The molecule has 0 aliphatic heterocycles. The van der Waals surface area contributed by atoms with E-state index in [1.54, 1.807) is 29.8 Å². The van der Waals surface area contributed by atoms with Gasteiger partial charge >= 0.3 is 0 Å². The van der Waals surface area contributed by atoms with Crippen molar-refractivity contribution in [2.45, 2.75) is 18.2 Å². The number of anilines is 1. The number of nitro benzene ring substituents is 1. The van der Waals surface area contributed by atoms with Crippen LogP contribution in [0.5, 0.6) is 5.75 Å². The molecule has 30 heavy (non-hydrogen) atoms. The minimum Gasteiger partial charge on any atom is -0.481 e. The standard InChI is InChI=1S/C19H18ClN5O4S/c1-12(29-16-10-6-3-7-13(16)20)18-22-23-19(24(18)2)30-11-17(26)21-14-8-4-5-9-15(14)25(27)28/h3-10,12H,11H2,1-2H3,(H,21,26)/t12-/m0/s1. The fourth-order valence-electron chi connectivity index (χ4n) is 2.64. The van der Waals surface area contributed by atoms with Crippen LogP contribution in [0.15, 0.2) is 53.7 Å². The van der Waals surface area contributed by atoms with Crippen molar-refractivity contribution >= 4 is 40.6 Å². The van der Waals surface area contributed by atoms with E-state index in [-0.39, 0.29) is 23.0 Å². The predicted molar refractivity (Wildman–Crippen MR) is 114 cm³/mol. The maximum Gasteiger partial charge on any atom is 0.292 e. The monoisotopic (exact) mass is 447 g/mol. The Labute approximate surface area is 181 Å². The Hall–Kier alpha value is -3.11. The Morgan fingerprint density at radius 2 is 1.97 bits per heavy atom. The molecule has 1 heterocycles. The number of hydrogen-bond acceptors (Lipinski definition) is 7. The number of halogens is 1. The van der Waals surface area contributed by atoms with E-state index < -0.39 is 11.0 Å². The summed E-state index contributed by atoms with van der Waals surface area (Å²) in [6, 6.07) is 13.1. The van der Waals surface area contributed by atoms with Gasteiger partial charge in [0.2, 0.25) is 5.91 Å². The molecular formula is C19H18ClN5O4S. The smallest absolute Gasteiger partial charge is 0.292 e. The van der Waals surface area contributed by atoms with Gasteiger partial charge in [-0.15, -0.1) is 10.2 Å². The van der Waals surface area contributed by atoms with Gasteiger partial charge in [-0.05, 0) is 25.1 Å². The number of benzene rings is 2. The molecule has 1 amide bonds. The highest BCUT2D eigenvalue weighted by Crippen LogP contribution is 2.29. The van der Waals surface area contributed by atoms with Gasteiger partial charge in [0.1, 0.15) is 11.4 Å². The largest absolute Gasteiger partial charge is 0.481 e. The van der Waals surface area contributed by atoms with E-state index in [1.165, 1.54) is 18.2 Å². The van der Waals surface area contributed by atoms with Gasteiger partial charge in [0.25, 0.3) is 5.69 Å². The van der Waals surface area contributed by atoms with Gasteiger partial charge in [-0.3, -0.25) is 14.9 Å². The van der Waals surface area contributed by atoms with E-state index in [9.17, 15) is 14.9 Å². The molecule has 0 aliphatic rings. The lowest BCUT2D eigenvalue weighted by molar-refractivity contribution is -0.383. The molecule has 1 aromatic heterocycles. The first-order valence-corrected chi connectivity index (χ1v) is 10.2. The number of hydrogen-bond donors (Lipinski definition) is 1. The van der Waals surface area contributed by atoms with Crippen LogP contribution in [0.4, 0.5) is 11.4 Å². The van der Waals surface area contributed by atoms with Crippen LogP contribution in [0.1, 0.15) is 18.9 Å². The molecule has 156 valence electrons. The summed E-state index contributed by atoms with van der Waals surface area (Å²) in [6.07, 6.45) is -0.419. The molecule has 0 bridgehead atoms. The number of carbonyl (C=O) groups is 1. The van der Waals surface area contributed by atoms with Crippen molar-refractivity contribution in [3.05, 3.63) is 69.5 Å². The number of nitrogens with one attached hydrogen (secondary N) is 1. The highest BCUT2D eigenvalue weighted by molar-refractivity contribution is 7.99. The minimum absolute atomic E-state index is 0.0117. The molecule has 2 aromatic carbocycles. The first kappa shape index (κ1) is 21.6. The van der Waals surface area contributed by atoms with E-state index in [1.807, 2.05) is 19.1 Å². The van der Waals surface area contributed by atoms with Crippen LogP contribution in [0.2, 0.25) is 5.02 Å². The Morgan fingerprint density at radius 1 is 1.27 bits per heavy atom. The van der Waals surface area contributed by atoms with Crippen molar-refractivity contribution in [1.29, 1.82) is 0 Å². The molecule has 1 N–H and O–H groups in total. The lowest BCUT2D eigenvalue weighted by atomic mass is 10.2. The number of nitrogens with zero attached hydrogens (tertiary/aromatic N) is 4. The Bertz CT molecular complexity index is 1070. The molecule has 0 saturated carbocycles. The summed E-state index contributed by atoms with van der Waals surface area (Å²) in [7, 11) is 1.77. The SMILES string of the molecule is C[C@H](Oc1ccccc1Cl)c1nnc(SCC(=O)Nc2ccccc2[N+](=O)[O-])n1C. The van der Waals surface area contributed by atoms with E-state index >= 15 is 0 Å². The van der Waals surface area contributed by atoms with Gasteiger partial charge < -0.3 is 14.6 Å². The maximum absolute atomic E-state index is 12.2. The van der Waals surface area contributed by atoms with Gasteiger partial charge in [-0.2, -0.15) is 0 Å². The lowest BCUT2D eigenvalue weighted by Crippen LogP contribution is -2.15. The summed E-state index contributed by atoms with van der Waals surface area (Å²) in [5, 5.41) is 22.9. The number of aromatic nitrogens is 3. The second kappa shape index (κ2) is 9.59. The van der Waals surface area contributed by atoms with Crippen molar-refractivity contribution in [3.63, 3.8) is 0 Å². The van der Waals surface area contributed by atoms with Crippen LogP contribution in [-0.2, 0) is 11.8 Å². The average molecular weight is 448 g/mol. The molecule has 3 aromatic rings. The van der Waals surface area contributed by atoms with Crippen LogP contribution in [0.25, 0.3) is 0 Å². The summed E-state index contributed by atoms with van der Waals surface area (Å²) in [5.74, 6) is 0.723. The third-order valence-electron chi connectivity index (χ3n) is 4.08. The van der Waals surface area contributed by atoms with Gasteiger partial charge in [0, 0.05) is 13.1 Å². The fourth-order valence-corrected chi connectivity index (χ4v) is 3.54. The highest BCUT2D eigenvalue weighted by Gasteiger charge is 2.20. The van der Waals surface area contributed by atoms with E-state index in [2.05, 4.69) is 15.5 Å². The van der Waals surface area contributed by atoms with Crippen LogP contribution < -0.4 is 10.1 Å². The average Bonchev–Trinajstić information content (AvgIpc) is 3.09. The van der Waals surface area contributed by atoms with Crippen LogP contribution in [0.3, 0.4) is 0 Å². The fraction of sp³-hybridized carbons (Fsp3) is 0.211. The normalized spacial score (nSPS) is 11.7. The summed E-state index contributed by atoms with van der Waals surface area (Å²) in [5.41, 5.74) is -0.0177. The van der Waals surface area contributed by atoms with E-state index in [0.717, 1.165) is 11.8 Å². The zero-order valence-corrected chi connectivity index (χ0v) is 17.7. The Kier molecular flexibility index (Phi) is 6.91. The molecule has 11 heteroatoms. The van der Waals surface area contributed by atoms with Crippen molar-refractivity contribution < 1.29 is 14.5 Å². The molecule has 3 rings (SSSR count). The second-order valence-corrected chi connectivity index (χ2v) is 7.55. The number of rotatable bonds is 8. The number of nitro groups is 1. The molecular weight excluding hydrogens is 430 g/mol. The predicted octanol–water partition coefficient (Wildman–Crippen LogP) is 4.25. The van der Waals surface area contributed by atoms with Crippen molar-refractivity contribution in [2.75, 3.05) is 11.1 Å². The summed E-state index contributed by atoms with van der Waals surface area (Å²) >= 11 is 7.29. The van der Waals surface area contributed by atoms with Gasteiger partial charge in [0.15, 0.2) is 17.1 Å². The topological polar surface area (TPSA) is 112 Å². The third kappa shape index (κ3) is 5.08. The molecule has 0 fully saturated rings. The van der Waals surface area contributed by atoms with Gasteiger partial charge in [-0.25, -0.2) is 0 Å². The number of para-hydroxylation sites is 3. The number of ether oxygens (including phenoxy) is 1. The van der Waals surface area contributed by atoms with Gasteiger partial charge in [0.05, 0.1) is 15.7 Å². The number of amides is 1. The number of carbonyl (C=O) groups excluding carboxylic acids is 1. The zero-order valence-electron chi connectivity index (χ0n) is 16.1. The maximum atomic E-state index is 12.2. The number of thioether (sulfide) groups is 1. The first-order chi connectivity index (χ1) is 14.4. The molecule has 1 atom stereocenters. The minimum atomic E-state index is -0.544. The quantitative estimate of drug-likeness (QED) is 0.312. The molecule has 0 radical (unpaired) electrons. The first-order valence-electron chi connectivity index (χ1n) is 8.83. The summed E-state index contributed by atoms with van der Waals surface area (Å²) in [6.45, 7) is 1.82. The Balaban J connectivity index is 1.62.